The van der Waals surface area contributed by atoms with Gasteiger partial charge in [0.05, 0.1) is 38.8 Å². The third kappa shape index (κ3) is 6.56. The second kappa shape index (κ2) is 11.4. The third-order valence-electron chi connectivity index (χ3n) is 3.51. The lowest BCUT2D eigenvalue weighted by atomic mass is 10.1. The lowest BCUT2D eigenvalue weighted by Gasteiger charge is -2.17. The van der Waals surface area contributed by atoms with E-state index >= 15 is 0 Å². The van der Waals surface area contributed by atoms with Crippen LogP contribution in [0.5, 0.6) is 17.2 Å². The molecule has 2 aromatic rings. The number of carbonyl (C=O) groups is 2. The van der Waals surface area contributed by atoms with E-state index in [0.29, 0.717) is 42.8 Å². The molecule has 0 saturated heterocycles. The molecule has 2 N–H and O–H groups in total. The Balaban J connectivity index is 2.03. The van der Waals surface area contributed by atoms with Crippen LogP contribution in [-0.4, -0.2) is 44.4 Å². The third-order valence-corrected chi connectivity index (χ3v) is 3.51. The van der Waals surface area contributed by atoms with Crippen molar-refractivity contribution in [2.75, 3.05) is 26.4 Å². The molecule has 9 heteroatoms. The van der Waals surface area contributed by atoms with Crippen molar-refractivity contribution in [3.8, 4) is 17.2 Å². The smallest absolute Gasteiger partial charge is 0.259 e. The fourth-order valence-corrected chi connectivity index (χ4v) is 2.35. The lowest BCUT2D eigenvalue weighted by molar-refractivity contribution is -0.120. The van der Waals surface area contributed by atoms with Gasteiger partial charge < -0.3 is 23.9 Å². The molecule has 0 saturated carbocycles. The summed E-state index contributed by atoms with van der Waals surface area (Å²) in [5, 5.41) is 6.28. The van der Waals surface area contributed by atoms with E-state index in [0.717, 1.165) is 0 Å². The Morgan fingerprint density at radius 1 is 1.07 bits per heavy atom. The molecule has 9 nitrogen and oxygen atoms in total. The molecular weight excluding hydrogens is 378 g/mol. The van der Waals surface area contributed by atoms with Gasteiger partial charge in [-0.25, -0.2) is 5.43 Å². The fraction of sp³-hybridized carbons (Fsp3) is 0.350. The summed E-state index contributed by atoms with van der Waals surface area (Å²) in [5.74, 6) is 0.798. The van der Waals surface area contributed by atoms with E-state index in [1.165, 1.54) is 12.5 Å². The van der Waals surface area contributed by atoms with Crippen molar-refractivity contribution in [2.24, 2.45) is 5.10 Å². The number of carbonyl (C=O) groups excluding carboxylic acids is 2. The highest BCUT2D eigenvalue weighted by atomic mass is 16.5. The first kappa shape index (κ1) is 21.8. The van der Waals surface area contributed by atoms with Crippen LogP contribution in [0, 0.1) is 0 Å². The molecule has 2 amide bonds. The van der Waals surface area contributed by atoms with Crippen molar-refractivity contribution in [3.63, 3.8) is 0 Å². The highest BCUT2D eigenvalue weighted by Crippen LogP contribution is 2.39. The standard InChI is InChI=1S/C20H25N3O6/c1-4-26-16-10-14(11-17(27-5-2)19(16)28-6-3)20(25)21-13-18(24)23-22-12-15-8-7-9-29-15/h7-12H,4-6,13H2,1-3H3,(H,21,25)(H,23,24)/b22-12+. The summed E-state index contributed by atoms with van der Waals surface area (Å²) in [7, 11) is 0. The van der Waals surface area contributed by atoms with Crippen LogP contribution >= 0.6 is 0 Å². The molecule has 0 bridgehead atoms. The molecule has 0 fully saturated rings. The topological polar surface area (TPSA) is 111 Å². The van der Waals surface area contributed by atoms with Crippen LogP contribution in [0.4, 0.5) is 0 Å². The number of hydrogen-bond donors (Lipinski definition) is 2. The van der Waals surface area contributed by atoms with E-state index in [1.54, 1.807) is 24.3 Å². The average Bonchev–Trinajstić information content (AvgIpc) is 3.22. The maximum atomic E-state index is 12.5. The number of ether oxygens (including phenoxy) is 3. The number of amides is 2. The van der Waals surface area contributed by atoms with Crippen LogP contribution < -0.4 is 25.0 Å². The van der Waals surface area contributed by atoms with Crippen molar-refractivity contribution in [1.82, 2.24) is 10.7 Å². The molecule has 1 aromatic carbocycles. The minimum atomic E-state index is -0.484. The molecule has 29 heavy (non-hydrogen) atoms. The van der Waals surface area contributed by atoms with Crippen LogP contribution in [-0.2, 0) is 4.79 Å². The molecule has 0 atom stereocenters. The Kier molecular flexibility index (Phi) is 8.55. The molecule has 0 unspecified atom stereocenters. The first-order chi connectivity index (χ1) is 14.1. The van der Waals surface area contributed by atoms with Crippen LogP contribution in [0.1, 0.15) is 36.9 Å². The highest BCUT2D eigenvalue weighted by Gasteiger charge is 2.18. The molecule has 0 spiro atoms. The van der Waals surface area contributed by atoms with Gasteiger partial charge in [-0.15, -0.1) is 0 Å². The first-order valence-corrected chi connectivity index (χ1v) is 9.29. The second-order valence-electron chi connectivity index (χ2n) is 5.59. The summed E-state index contributed by atoms with van der Waals surface area (Å²) in [6.07, 6.45) is 2.85. The summed E-state index contributed by atoms with van der Waals surface area (Å²) in [6.45, 7) is 6.46. The molecular formula is C20H25N3O6. The highest BCUT2D eigenvalue weighted by molar-refractivity contribution is 5.97. The molecule has 1 heterocycles. The van der Waals surface area contributed by atoms with Gasteiger partial charge in [0.15, 0.2) is 11.5 Å². The fourth-order valence-electron chi connectivity index (χ4n) is 2.35. The van der Waals surface area contributed by atoms with Gasteiger partial charge in [0, 0.05) is 5.56 Å². The van der Waals surface area contributed by atoms with Gasteiger partial charge in [0.2, 0.25) is 5.75 Å². The number of hydrazone groups is 1. The van der Waals surface area contributed by atoms with Gasteiger partial charge in [0.1, 0.15) is 5.76 Å². The van der Waals surface area contributed by atoms with Crippen molar-refractivity contribution in [3.05, 3.63) is 41.9 Å². The van der Waals surface area contributed by atoms with Crippen molar-refractivity contribution < 1.29 is 28.2 Å². The Morgan fingerprint density at radius 3 is 2.28 bits per heavy atom. The quantitative estimate of drug-likeness (QED) is 0.440. The Hall–Kier alpha value is -3.49. The predicted molar refractivity (Wildman–Crippen MR) is 107 cm³/mol. The first-order valence-electron chi connectivity index (χ1n) is 9.29. The molecule has 156 valence electrons. The summed E-state index contributed by atoms with van der Waals surface area (Å²) >= 11 is 0. The van der Waals surface area contributed by atoms with Crippen molar-refractivity contribution in [1.29, 1.82) is 0 Å². The Labute approximate surface area is 169 Å². The monoisotopic (exact) mass is 403 g/mol. The van der Waals surface area contributed by atoms with E-state index in [-0.39, 0.29) is 12.1 Å². The van der Waals surface area contributed by atoms with Gasteiger partial charge in [-0.1, -0.05) is 0 Å². The van der Waals surface area contributed by atoms with E-state index in [9.17, 15) is 9.59 Å². The zero-order chi connectivity index (χ0) is 21.1. The van der Waals surface area contributed by atoms with Gasteiger partial charge in [0.25, 0.3) is 11.8 Å². The van der Waals surface area contributed by atoms with Crippen molar-refractivity contribution >= 4 is 18.0 Å². The Bertz CT molecular complexity index is 806. The molecule has 0 radical (unpaired) electrons. The summed E-state index contributed by atoms with van der Waals surface area (Å²) in [5.41, 5.74) is 2.59. The van der Waals surface area contributed by atoms with Gasteiger partial charge in [-0.2, -0.15) is 5.10 Å². The van der Waals surface area contributed by atoms with Crippen LogP contribution in [0.3, 0.4) is 0 Å². The van der Waals surface area contributed by atoms with Crippen molar-refractivity contribution in [2.45, 2.75) is 20.8 Å². The van der Waals surface area contributed by atoms with Gasteiger partial charge >= 0.3 is 0 Å². The van der Waals surface area contributed by atoms with Crippen LogP contribution in [0.15, 0.2) is 40.0 Å². The number of rotatable bonds is 11. The zero-order valence-electron chi connectivity index (χ0n) is 16.7. The maximum absolute atomic E-state index is 12.5. The molecule has 2 rings (SSSR count). The van der Waals surface area contributed by atoms with E-state index < -0.39 is 11.8 Å². The van der Waals surface area contributed by atoms with Gasteiger partial charge in [-0.05, 0) is 45.0 Å². The summed E-state index contributed by atoms with van der Waals surface area (Å²) in [4.78, 5) is 24.3. The maximum Gasteiger partial charge on any atom is 0.259 e. The number of furan rings is 1. The van der Waals surface area contributed by atoms with E-state index in [2.05, 4.69) is 15.8 Å². The largest absolute Gasteiger partial charge is 0.490 e. The number of nitrogens with one attached hydrogen (secondary N) is 2. The minimum absolute atomic E-state index is 0.254. The molecule has 1 aromatic heterocycles. The van der Waals surface area contributed by atoms with Gasteiger partial charge in [-0.3, -0.25) is 9.59 Å². The zero-order valence-corrected chi connectivity index (χ0v) is 16.7. The van der Waals surface area contributed by atoms with E-state index in [4.69, 9.17) is 18.6 Å². The molecule has 0 aliphatic carbocycles. The lowest BCUT2D eigenvalue weighted by Crippen LogP contribution is -2.35. The summed E-state index contributed by atoms with van der Waals surface area (Å²) < 4.78 is 21.8. The second-order valence-corrected chi connectivity index (χ2v) is 5.59. The minimum Gasteiger partial charge on any atom is -0.490 e. The number of benzene rings is 1. The normalized spacial score (nSPS) is 10.6. The SMILES string of the molecule is CCOc1cc(C(=O)NCC(=O)N/N=C/c2ccco2)cc(OCC)c1OCC. The molecule has 0 aliphatic heterocycles. The van der Waals surface area contributed by atoms with Crippen LogP contribution in [0.25, 0.3) is 0 Å². The predicted octanol–water partition coefficient (Wildman–Crippen LogP) is 2.36. The Morgan fingerprint density at radius 2 is 1.72 bits per heavy atom. The summed E-state index contributed by atoms with van der Waals surface area (Å²) in [6, 6.07) is 6.50. The number of nitrogens with zero attached hydrogens (tertiary/aromatic N) is 1. The molecule has 0 aliphatic rings. The average molecular weight is 403 g/mol. The number of hydrogen-bond acceptors (Lipinski definition) is 7. The van der Waals surface area contributed by atoms with Crippen LogP contribution in [0.2, 0.25) is 0 Å². The van der Waals surface area contributed by atoms with E-state index in [1.807, 2.05) is 20.8 Å².